The molecule has 0 aromatic heterocycles. The van der Waals surface area contributed by atoms with Gasteiger partial charge >= 0.3 is 0 Å². The third-order valence-corrected chi connectivity index (χ3v) is 3.35. The molecule has 0 bridgehead atoms. The Hall–Kier alpha value is -2.19. The molecule has 0 aliphatic heterocycles. The first-order chi connectivity index (χ1) is 11.2. The summed E-state index contributed by atoms with van der Waals surface area (Å²) >= 11 is 0. The van der Waals surface area contributed by atoms with E-state index in [1.807, 2.05) is 0 Å². The van der Waals surface area contributed by atoms with Crippen LogP contribution in [-0.2, 0) is 14.4 Å². The third kappa shape index (κ3) is 7.95. The molecule has 4 N–H and O–H groups in total. The van der Waals surface area contributed by atoms with Crippen LogP contribution < -0.4 is 16.4 Å². The second kappa shape index (κ2) is 10.6. The number of hydrogen-bond donors (Lipinski definition) is 3. The highest BCUT2D eigenvalue weighted by molar-refractivity contribution is 5.95. The fourth-order valence-corrected chi connectivity index (χ4v) is 1.79. The van der Waals surface area contributed by atoms with Gasteiger partial charge in [0.15, 0.2) is 0 Å². The second-order valence-electron chi connectivity index (χ2n) is 5.80. The van der Waals surface area contributed by atoms with Crippen molar-refractivity contribution in [1.29, 1.82) is 0 Å². The van der Waals surface area contributed by atoms with Gasteiger partial charge in [0.25, 0.3) is 0 Å². The van der Waals surface area contributed by atoms with Crippen LogP contribution in [0.4, 0.5) is 10.1 Å². The number of nitrogens with one attached hydrogen (secondary N) is 2. The molecular weight excluding hydrogens is 351 g/mol. The molecule has 0 saturated carbocycles. The summed E-state index contributed by atoms with van der Waals surface area (Å²) in [6, 6.07) is 4.74. The summed E-state index contributed by atoms with van der Waals surface area (Å²) in [7, 11) is 1.43. The zero-order valence-corrected chi connectivity index (χ0v) is 15.2. The molecule has 1 aromatic rings. The van der Waals surface area contributed by atoms with E-state index in [1.54, 1.807) is 13.8 Å². The van der Waals surface area contributed by atoms with Crippen molar-refractivity contribution in [3.8, 4) is 0 Å². The molecule has 0 unspecified atom stereocenters. The molecule has 1 rings (SSSR count). The molecule has 1 aromatic carbocycles. The minimum Gasteiger partial charge on any atom is -0.346 e. The Balaban J connectivity index is 0.00000576. The first-order valence-electron chi connectivity index (χ1n) is 7.53. The van der Waals surface area contributed by atoms with Gasteiger partial charge in [-0.2, -0.15) is 0 Å². The lowest BCUT2D eigenvalue weighted by atomic mass is 10.1. The van der Waals surface area contributed by atoms with Gasteiger partial charge in [0, 0.05) is 12.7 Å². The van der Waals surface area contributed by atoms with Crippen LogP contribution in [0.5, 0.6) is 0 Å². The Kier molecular flexibility index (Phi) is 9.70. The summed E-state index contributed by atoms with van der Waals surface area (Å²) in [5.41, 5.74) is 5.97. The zero-order chi connectivity index (χ0) is 18.3. The Labute approximate surface area is 152 Å². The smallest absolute Gasteiger partial charge is 0.243 e. The third-order valence-electron chi connectivity index (χ3n) is 3.35. The van der Waals surface area contributed by atoms with Crippen molar-refractivity contribution in [2.75, 3.05) is 25.5 Å². The number of hydrogen-bond acceptors (Lipinski definition) is 4. The highest BCUT2D eigenvalue weighted by atomic mass is 35.5. The average molecular weight is 375 g/mol. The highest BCUT2D eigenvalue weighted by Crippen LogP contribution is 2.08. The number of likely N-dealkylation sites (N-methyl/N-ethyl adjacent to an activating group) is 1. The Morgan fingerprint density at radius 3 is 2.48 bits per heavy atom. The van der Waals surface area contributed by atoms with E-state index >= 15 is 0 Å². The molecule has 0 radical (unpaired) electrons. The van der Waals surface area contributed by atoms with Crippen LogP contribution in [0.1, 0.15) is 13.8 Å². The van der Waals surface area contributed by atoms with Gasteiger partial charge in [0.05, 0.1) is 19.1 Å². The molecule has 3 amide bonds. The van der Waals surface area contributed by atoms with Gasteiger partial charge in [-0.1, -0.05) is 19.9 Å². The summed E-state index contributed by atoms with van der Waals surface area (Å²) in [6.45, 7) is 3.13. The molecule has 7 nitrogen and oxygen atoms in total. The maximum atomic E-state index is 13.0. The molecule has 0 spiro atoms. The van der Waals surface area contributed by atoms with E-state index in [1.165, 1.54) is 31.3 Å². The number of carbonyl (C=O) groups is 3. The highest BCUT2D eigenvalue weighted by Gasteiger charge is 2.19. The summed E-state index contributed by atoms with van der Waals surface area (Å²) in [6.07, 6.45) is 0. The van der Waals surface area contributed by atoms with Crippen LogP contribution in [0.2, 0.25) is 0 Å². The summed E-state index contributed by atoms with van der Waals surface area (Å²) < 4.78 is 13.0. The van der Waals surface area contributed by atoms with Gasteiger partial charge in [-0.15, -0.1) is 12.4 Å². The number of benzene rings is 1. The van der Waals surface area contributed by atoms with Gasteiger partial charge in [0.2, 0.25) is 17.7 Å². The largest absolute Gasteiger partial charge is 0.346 e. The molecule has 140 valence electrons. The lowest BCUT2D eigenvalue weighted by Gasteiger charge is -2.19. The molecule has 25 heavy (non-hydrogen) atoms. The number of anilines is 1. The van der Waals surface area contributed by atoms with Gasteiger partial charge in [-0.25, -0.2) is 4.39 Å². The van der Waals surface area contributed by atoms with Crippen LogP contribution >= 0.6 is 12.4 Å². The van der Waals surface area contributed by atoms with E-state index in [9.17, 15) is 18.8 Å². The monoisotopic (exact) mass is 374 g/mol. The van der Waals surface area contributed by atoms with Gasteiger partial charge < -0.3 is 21.3 Å². The Morgan fingerprint density at radius 2 is 1.92 bits per heavy atom. The second-order valence-corrected chi connectivity index (χ2v) is 5.80. The van der Waals surface area contributed by atoms with Gasteiger partial charge in [0.1, 0.15) is 5.82 Å². The normalized spacial score (nSPS) is 11.3. The van der Waals surface area contributed by atoms with Crippen LogP contribution in [0.25, 0.3) is 0 Å². The first kappa shape index (κ1) is 22.8. The van der Waals surface area contributed by atoms with E-state index in [2.05, 4.69) is 10.6 Å². The van der Waals surface area contributed by atoms with E-state index < -0.39 is 29.6 Å². The molecule has 1 atom stereocenters. The Morgan fingerprint density at radius 1 is 1.28 bits per heavy atom. The van der Waals surface area contributed by atoms with Crippen molar-refractivity contribution in [1.82, 2.24) is 10.2 Å². The van der Waals surface area contributed by atoms with E-state index in [0.29, 0.717) is 5.69 Å². The van der Waals surface area contributed by atoms with E-state index in [-0.39, 0.29) is 31.4 Å². The van der Waals surface area contributed by atoms with Crippen LogP contribution in [0, 0.1) is 11.7 Å². The van der Waals surface area contributed by atoms with Gasteiger partial charge in [-0.05, 0) is 24.1 Å². The summed E-state index contributed by atoms with van der Waals surface area (Å²) in [5, 5.41) is 4.92. The minimum atomic E-state index is -0.695. The number of rotatable bonds is 7. The molecular formula is C16H24ClFN4O3. The first-order valence-corrected chi connectivity index (χ1v) is 7.53. The quantitative estimate of drug-likeness (QED) is 0.654. The predicted molar refractivity (Wildman–Crippen MR) is 95.7 cm³/mol. The van der Waals surface area contributed by atoms with E-state index in [4.69, 9.17) is 5.73 Å². The standard InChI is InChI=1S/C16H23FN4O3.ClH/c1-10(2)15(18)16(24)19-8-14(23)21(3)9-13(22)20-12-6-4-5-11(17)7-12;/h4-7,10,15H,8-9,18H2,1-3H3,(H,19,24)(H,20,22);1H/t15-;/m0./s1. The summed E-state index contributed by atoms with van der Waals surface area (Å²) in [5.74, 6) is -1.84. The molecule has 0 aliphatic rings. The maximum absolute atomic E-state index is 13.0. The lowest BCUT2D eigenvalue weighted by molar-refractivity contribution is -0.134. The topological polar surface area (TPSA) is 105 Å². The molecule has 9 heteroatoms. The van der Waals surface area contributed by atoms with Crippen molar-refractivity contribution < 1.29 is 18.8 Å². The Bertz CT molecular complexity index is 613. The summed E-state index contributed by atoms with van der Waals surface area (Å²) in [4.78, 5) is 36.6. The predicted octanol–water partition coefficient (Wildman–Crippen LogP) is 0.744. The number of halogens is 2. The molecule has 0 heterocycles. The lowest BCUT2D eigenvalue weighted by Crippen LogP contribution is -2.48. The van der Waals surface area contributed by atoms with Crippen LogP contribution in [0.15, 0.2) is 24.3 Å². The zero-order valence-electron chi connectivity index (χ0n) is 14.4. The molecule has 0 aliphatic carbocycles. The molecule has 0 fully saturated rings. The van der Waals surface area contributed by atoms with Crippen molar-refractivity contribution in [3.63, 3.8) is 0 Å². The number of amides is 3. The fourth-order valence-electron chi connectivity index (χ4n) is 1.79. The number of nitrogens with two attached hydrogens (primary N) is 1. The number of nitrogens with zero attached hydrogens (tertiary/aromatic N) is 1. The van der Waals surface area contributed by atoms with Crippen molar-refractivity contribution in [2.45, 2.75) is 19.9 Å². The fraction of sp³-hybridized carbons (Fsp3) is 0.438. The van der Waals surface area contributed by atoms with E-state index in [0.717, 1.165) is 4.90 Å². The molecule has 0 saturated heterocycles. The minimum absolute atomic E-state index is 0. The number of carbonyl (C=O) groups excluding carboxylic acids is 3. The van der Waals surface area contributed by atoms with Crippen molar-refractivity contribution in [2.24, 2.45) is 11.7 Å². The SMILES string of the molecule is CC(C)[C@H](N)C(=O)NCC(=O)N(C)CC(=O)Nc1cccc(F)c1.Cl. The average Bonchev–Trinajstić information content (AvgIpc) is 2.51. The van der Waals surface area contributed by atoms with Crippen LogP contribution in [-0.4, -0.2) is 48.8 Å². The maximum Gasteiger partial charge on any atom is 0.243 e. The van der Waals surface area contributed by atoms with Crippen molar-refractivity contribution >= 4 is 35.8 Å². The van der Waals surface area contributed by atoms with Crippen LogP contribution in [0.3, 0.4) is 0 Å². The van der Waals surface area contributed by atoms with Gasteiger partial charge in [-0.3, -0.25) is 14.4 Å². The van der Waals surface area contributed by atoms with Crippen molar-refractivity contribution in [3.05, 3.63) is 30.1 Å².